The van der Waals surface area contributed by atoms with Crippen molar-refractivity contribution in [1.29, 1.82) is 0 Å². The van der Waals surface area contributed by atoms with E-state index in [1.165, 1.54) is 0 Å². The Morgan fingerprint density at radius 3 is 2.36 bits per heavy atom. The van der Waals surface area contributed by atoms with Crippen molar-refractivity contribution in [2.45, 2.75) is 32.5 Å². The summed E-state index contributed by atoms with van der Waals surface area (Å²) in [6.07, 6.45) is -0.873. The molecular weight excluding hydrogens is 344 g/mol. The summed E-state index contributed by atoms with van der Waals surface area (Å²) in [4.78, 5) is 15.9. The number of benzene rings is 1. The van der Waals surface area contributed by atoms with Crippen molar-refractivity contribution in [1.82, 2.24) is 9.80 Å². The molecule has 0 bridgehead atoms. The Morgan fingerprint density at radius 2 is 1.80 bits per heavy atom. The van der Waals surface area contributed by atoms with Gasteiger partial charge in [-0.2, -0.15) is 0 Å². The molecule has 1 heterocycles. The fourth-order valence-electron chi connectivity index (χ4n) is 2.51. The van der Waals surface area contributed by atoms with E-state index in [1.807, 2.05) is 20.8 Å². The smallest absolute Gasteiger partial charge is 0.410 e. The first-order valence-corrected chi connectivity index (χ1v) is 8.87. The Kier molecular flexibility index (Phi) is 6.93. The lowest BCUT2D eigenvalue weighted by Gasteiger charge is -2.36. The monoisotopic (exact) mass is 370 g/mol. The number of hydrogen-bond donors (Lipinski definition) is 1. The second-order valence-corrected chi connectivity index (χ2v) is 7.62. The van der Waals surface area contributed by atoms with Gasteiger partial charge in [-0.1, -0.05) is 11.6 Å². The molecule has 1 N–H and O–H groups in total. The average Bonchev–Trinajstić information content (AvgIpc) is 2.53. The molecule has 25 heavy (non-hydrogen) atoms. The standard InChI is InChI=1S/C18H27ClN2O4/c1-18(2,3)25-17(23)21-10-8-20(9-11-21)12-15(22)13-24-16-6-4-14(19)5-7-16/h4-7,15,22H,8-13H2,1-3H3/t15-/m1/s1. The van der Waals surface area contributed by atoms with Gasteiger partial charge in [-0.25, -0.2) is 4.79 Å². The van der Waals surface area contributed by atoms with Crippen molar-refractivity contribution in [2.24, 2.45) is 0 Å². The van der Waals surface area contributed by atoms with E-state index < -0.39 is 11.7 Å². The molecule has 0 unspecified atom stereocenters. The van der Waals surface area contributed by atoms with Gasteiger partial charge in [0.25, 0.3) is 0 Å². The van der Waals surface area contributed by atoms with Crippen molar-refractivity contribution < 1.29 is 19.4 Å². The molecule has 140 valence electrons. The van der Waals surface area contributed by atoms with Crippen LogP contribution in [0.2, 0.25) is 5.02 Å². The number of carbonyl (C=O) groups is 1. The summed E-state index contributed by atoms with van der Waals surface area (Å²) in [5.74, 6) is 0.679. The van der Waals surface area contributed by atoms with Gasteiger partial charge in [-0.15, -0.1) is 0 Å². The second kappa shape index (κ2) is 8.74. The molecule has 0 spiro atoms. The van der Waals surface area contributed by atoms with Crippen LogP contribution in [0.1, 0.15) is 20.8 Å². The summed E-state index contributed by atoms with van der Waals surface area (Å²) in [7, 11) is 0. The predicted molar refractivity (Wildman–Crippen MR) is 97.2 cm³/mol. The van der Waals surface area contributed by atoms with Gasteiger partial charge in [0.2, 0.25) is 0 Å². The van der Waals surface area contributed by atoms with E-state index in [1.54, 1.807) is 29.2 Å². The number of rotatable bonds is 5. The van der Waals surface area contributed by atoms with E-state index in [-0.39, 0.29) is 12.7 Å². The van der Waals surface area contributed by atoms with Crippen LogP contribution >= 0.6 is 11.6 Å². The zero-order valence-corrected chi connectivity index (χ0v) is 15.8. The average molecular weight is 371 g/mol. The molecule has 1 amide bonds. The van der Waals surface area contributed by atoms with E-state index in [9.17, 15) is 9.90 Å². The van der Waals surface area contributed by atoms with Crippen LogP contribution in [0, 0.1) is 0 Å². The normalized spacial score (nSPS) is 17.2. The minimum Gasteiger partial charge on any atom is -0.491 e. The Balaban J connectivity index is 1.68. The van der Waals surface area contributed by atoms with E-state index >= 15 is 0 Å². The Bertz CT molecular complexity index is 551. The second-order valence-electron chi connectivity index (χ2n) is 7.19. The van der Waals surface area contributed by atoms with Crippen LogP contribution in [0.4, 0.5) is 4.79 Å². The molecule has 1 atom stereocenters. The third-order valence-electron chi connectivity index (χ3n) is 3.75. The number of carbonyl (C=O) groups excluding carboxylic acids is 1. The zero-order valence-electron chi connectivity index (χ0n) is 15.1. The van der Waals surface area contributed by atoms with Crippen LogP contribution in [0.15, 0.2) is 24.3 Å². The highest BCUT2D eigenvalue weighted by Gasteiger charge is 2.26. The van der Waals surface area contributed by atoms with Crippen LogP contribution < -0.4 is 4.74 Å². The van der Waals surface area contributed by atoms with Crippen LogP contribution in [0.3, 0.4) is 0 Å². The van der Waals surface area contributed by atoms with E-state index in [0.29, 0.717) is 43.5 Å². The lowest BCUT2D eigenvalue weighted by molar-refractivity contribution is 0.00713. The number of amides is 1. The molecule has 1 saturated heterocycles. The van der Waals surface area contributed by atoms with E-state index in [0.717, 1.165) is 0 Å². The molecule has 2 rings (SSSR count). The minimum absolute atomic E-state index is 0.216. The van der Waals surface area contributed by atoms with Gasteiger partial charge in [0.1, 0.15) is 24.1 Å². The van der Waals surface area contributed by atoms with Crippen molar-refractivity contribution in [2.75, 3.05) is 39.3 Å². The molecule has 0 radical (unpaired) electrons. The first kappa shape index (κ1) is 19.8. The summed E-state index contributed by atoms with van der Waals surface area (Å²) >= 11 is 5.82. The Hall–Kier alpha value is -1.50. The number of halogens is 1. The molecule has 6 nitrogen and oxygen atoms in total. The lowest BCUT2D eigenvalue weighted by Crippen LogP contribution is -2.51. The van der Waals surface area contributed by atoms with E-state index in [2.05, 4.69) is 4.90 Å². The van der Waals surface area contributed by atoms with Crippen LogP contribution in [-0.2, 0) is 4.74 Å². The van der Waals surface area contributed by atoms with Gasteiger partial charge < -0.3 is 19.5 Å². The highest BCUT2D eigenvalue weighted by atomic mass is 35.5. The molecule has 1 fully saturated rings. The minimum atomic E-state index is -0.594. The van der Waals surface area contributed by atoms with Gasteiger partial charge in [-0.3, -0.25) is 4.90 Å². The molecule has 0 saturated carbocycles. The summed E-state index contributed by atoms with van der Waals surface area (Å²) in [5.41, 5.74) is -0.483. The number of β-amino-alcohol motifs (C(OH)–C–C–N with tert-alkyl or cyclic N) is 1. The maximum absolute atomic E-state index is 12.0. The Labute approximate surface area is 154 Å². The summed E-state index contributed by atoms with van der Waals surface area (Å²) in [6, 6.07) is 7.04. The largest absolute Gasteiger partial charge is 0.491 e. The van der Waals surface area contributed by atoms with Gasteiger partial charge in [0, 0.05) is 37.7 Å². The highest BCUT2D eigenvalue weighted by molar-refractivity contribution is 6.30. The number of aliphatic hydroxyl groups excluding tert-OH is 1. The van der Waals surface area contributed by atoms with Gasteiger partial charge >= 0.3 is 6.09 Å². The van der Waals surface area contributed by atoms with Crippen molar-refractivity contribution in [3.8, 4) is 5.75 Å². The number of aliphatic hydroxyl groups is 1. The topological polar surface area (TPSA) is 62.2 Å². The third-order valence-corrected chi connectivity index (χ3v) is 4.00. The quantitative estimate of drug-likeness (QED) is 0.863. The molecule has 7 heteroatoms. The van der Waals surface area contributed by atoms with Gasteiger partial charge in [0.05, 0.1) is 0 Å². The maximum Gasteiger partial charge on any atom is 0.410 e. The molecule has 1 aromatic rings. The van der Waals surface area contributed by atoms with Crippen molar-refractivity contribution >= 4 is 17.7 Å². The number of ether oxygens (including phenoxy) is 2. The summed E-state index contributed by atoms with van der Waals surface area (Å²) < 4.78 is 10.9. The summed E-state index contributed by atoms with van der Waals surface area (Å²) in [6.45, 7) is 8.91. The SMILES string of the molecule is CC(C)(C)OC(=O)N1CCN(C[C@@H](O)COc2ccc(Cl)cc2)CC1. The molecule has 1 aromatic carbocycles. The maximum atomic E-state index is 12.0. The van der Waals surface area contributed by atoms with Crippen LogP contribution in [-0.4, -0.2) is 72.0 Å². The van der Waals surface area contributed by atoms with Crippen molar-refractivity contribution in [3.05, 3.63) is 29.3 Å². The van der Waals surface area contributed by atoms with Crippen LogP contribution in [0.25, 0.3) is 0 Å². The number of hydrogen-bond acceptors (Lipinski definition) is 5. The fraction of sp³-hybridized carbons (Fsp3) is 0.611. The van der Waals surface area contributed by atoms with Crippen molar-refractivity contribution in [3.63, 3.8) is 0 Å². The lowest BCUT2D eigenvalue weighted by atomic mass is 10.2. The molecule has 0 aromatic heterocycles. The first-order valence-electron chi connectivity index (χ1n) is 8.49. The third kappa shape index (κ3) is 7.10. The molecular formula is C18H27ClN2O4. The molecule has 0 aliphatic carbocycles. The molecule has 1 aliphatic heterocycles. The van der Waals surface area contributed by atoms with E-state index in [4.69, 9.17) is 21.1 Å². The van der Waals surface area contributed by atoms with Gasteiger partial charge in [0.15, 0.2) is 0 Å². The number of nitrogens with zero attached hydrogens (tertiary/aromatic N) is 2. The Morgan fingerprint density at radius 1 is 1.20 bits per heavy atom. The highest BCUT2D eigenvalue weighted by Crippen LogP contribution is 2.16. The number of piperazine rings is 1. The van der Waals surface area contributed by atoms with Crippen LogP contribution in [0.5, 0.6) is 5.75 Å². The fourth-order valence-corrected chi connectivity index (χ4v) is 2.64. The predicted octanol–water partition coefficient (Wildman–Crippen LogP) is 2.63. The molecule has 1 aliphatic rings. The van der Waals surface area contributed by atoms with Gasteiger partial charge in [-0.05, 0) is 45.0 Å². The zero-order chi connectivity index (χ0) is 18.4. The summed E-state index contributed by atoms with van der Waals surface area (Å²) in [5, 5.41) is 10.8. The first-order chi connectivity index (χ1) is 11.7.